The molecule has 0 fully saturated rings. The molecule has 0 bridgehead atoms. The lowest BCUT2D eigenvalue weighted by Crippen LogP contribution is -2.14. The molecular weight excluding hydrogens is 362 g/mol. The van der Waals surface area contributed by atoms with Gasteiger partial charge in [-0.05, 0) is 48.9 Å². The number of carbonyl (C=O) groups is 1. The van der Waals surface area contributed by atoms with Crippen LogP contribution in [0.5, 0.6) is 0 Å². The summed E-state index contributed by atoms with van der Waals surface area (Å²) in [5.74, 6) is 0.206. The molecule has 1 heterocycles. The molecule has 0 aliphatic carbocycles. The first kappa shape index (κ1) is 18.7. The van der Waals surface area contributed by atoms with Crippen LogP contribution < -0.4 is 15.5 Å². The van der Waals surface area contributed by atoms with Crippen LogP contribution in [0.25, 0.3) is 0 Å². The number of nitrogens with one attached hydrogen (secondary N) is 2. The van der Waals surface area contributed by atoms with Gasteiger partial charge in [-0.1, -0.05) is 17.7 Å². The van der Waals surface area contributed by atoms with Gasteiger partial charge in [0.2, 0.25) is 0 Å². The van der Waals surface area contributed by atoms with Crippen molar-refractivity contribution in [2.75, 3.05) is 29.6 Å². The number of aryl methyl sites for hydroxylation is 1. The Labute approximate surface area is 163 Å². The van der Waals surface area contributed by atoms with Crippen LogP contribution in [-0.4, -0.2) is 30.0 Å². The minimum absolute atomic E-state index is 0.258. The van der Waals surface area contributed by atoms with Crippen LogP contribution in [0.4, 0.5) is 22.9 Å². The zero-order valence-electron chi connectivity index (χ0n) is 15.3. The summed E-state index contributed by atoms with van der Waals surface area (Å²) in [6.45, 7) is 1.90. The van der Waals surface area contributed by atoms with E-state index in [1.165, 1.54) is 6.33 Å². The van der Waals surface area contributed by atoms with E-state index in [2.05, 4.69) is 20.6 Å². The molecule has 0 spiro atoms. The summed E-state index contributed by atoms with van der Waals surface area (Å²) in [6, 6.07) is 14.9. The highest BCUT2D eigenvalue weighted by Crippen LogP contribution is 2.21. The molecule has 0 radical (unpaired) electrons. The number of aromatic nitrogens is 2. The molecule has 138 valence electrons. The lowest BCUT2D eigenvalue weighted by Gasteiger charge is -2.13. The number of benzene rings is 2. The Hall–Kier alpha value is -3.12. The third-order valence-corrected chi connectivity index (χ3v) is 4.39. The number of hydrogen-bond acceptors (Lipinski definition) is 5. The Bertz CT molecular complexity index is 957. The largest absolute Gasteiger partial charge is 0.378 e. The average molecular weight is 382 g/mol. The zero-order valence-corrected chi connectivity index (χ0v) is 16.1. The maximum absolute atomic E-state index is 12.5. The molecule has 27 heavy (non-hydrogen) atoms. The van der Waals surface area contributed by atoms with E-state index in [0.29, 0.717) is 16.5 Å². The molecule has 0 saturated heterocycles. The van der Waals surface area contributed by atoms with Gasteiger partial charge in [-0.25, -0.2) is 9.97 Å². The van der Waals surface area contributed by atoms with Gasteiger partial charge < -0.3 is 15.5 Å². The van der Waals surface area contributed by atoms with Crippen LogP contribution in [0.1, 0.15) is 16.1 Å². The molecule has 0 aliphatic heterocycles. The van der Waals surface area contributed by atoms with Crippen molar-refractivity contribution in [2.45, 2.75) is 6.92 Å². The van der Waals surface area contributed by atoms with Crippen molar-refractivity contribution < 1.29 is 4.79 Å². The Morgan fingerprint density at radius 3 is 2.37 bits per heavy atom. The third kappa shape index (κ3) is 4.74. The normalized spacial score (nSPS) is 10.4. The van der Waals surface area contributed by atoms with Gasteiger partial charge in [0.15, 0.2) is 0 Å². The monoisotopic (exact) mass is 381 g/mol. The molecule has 1 amide bonds. The fourth-order valence-electron chi connectivity index (χ4n) is 2.41. The number of carbonyl (C=O) groups excluding carboxylic acids is 1. The maximum atomic E-state index is 12.5. The molecule has 3 rings (SSSR count). The lowest BCUT2D eigenvalue weighted by molar-refractivity contribution is 0.102. The zero-order chi connectivity index (χ0) is 19.4. The second-order valence-corrected chi connectivity index (χ2v) is 6.68. The molecule has 0 unspecified atom stereocenters. The highest BCUT2D eigenvalue weighted by Gasteiger charge is 2.10. The van der Waals surface area contributed by atoms with E-state index in [4.69, 9.17) is 11.6 Å². The van der Waals surface area contributed by atoms with Gasteiger partial charge in [0, 0.05) is 42.2 Å². The summed E-state index contributed by atoms with van der Waals surface area (Å²) in [5, 5.41) is 6.56. The van der Waals surface area contributed by atoms with Gasteiger partial charge in [0.1, 0.15) is 17.8 Å². The fourth-order valence-corrected chi connectivity index (χ4v) is 2.59. The Morgan fingerprint density at radius 1 is 1.00 bits per heavy atom. The van der Waals surface area contributed by atoms with E-state index >= 15 is 0 Å². The highest BCUT2D eigenvalue weighted by molar-refractivity contribution is 6.31. The topological polar surface area (TPSA) is 70.2 Å². The van der Waals surface area contributed by atoms with Crippen molar-refractivity contribution >= 4 is 40.4 Å². The van der Waals surface area contributed by atoms with E-state index in [9.17, 15) is 4.79 Å². The first-order chi connectivity index (χ1) is 12.9. The number of nitrogens with zero attached hydrogens (tertiary/aromatic N) is 3. The van der Waals surface area contributed by atoms with E-state index in [1.807, 2.05) is 56.3 Å². The maximum Gasteiger partial charge on any atom is 0.274 e. The Morgan fingerprint density at radius 2 is 1.70 bits per heavy atom. The van der Waals surface area contributed by atoms with E-state index < -0.39 is 0 Å². The van der Waals surface area contributed by atoms with Crippen LogP contribution in [0.15, 0.2) is 54.9 Å². The first-order valence-electron chi connectivity index (χ1n) is 8.36. The minimum atomic E-state index is -0.330. The van der Waals surface area contributed by atoms with Crippen LogP contribution in [-0.2, 0) is 0 Å². The summed E-state index contributed by atoms with van der Waals surface area (Å²) in [5.41, 5.74) is 3.79. The van der Waals surface area contributed by atoms with Crippen molar-refractivity contribution in [3.05, 3.63) is 71.1 Å². The van der Waals surface area contributed by atoms with Crippen molar-refractivity contribution in [3.63, 3.8) is 0 Å². The van der Waals surface area contributed by atoms with Gasteiger partial charge >= 0.3 is 0 Å². The highest BCUT2D eigenvalue weighted by atomic mass is 35.5. The van der Waals surface area contributed by atoms with Gasteiger partial charge in [-0.2, -0.15) is 0 Å². The second-order valence-electron chi connectivity index (χ2n) is 6.27. The van der Waals surface area contributed by atoms with Crippen molar-refractivity contribution in [2.24, 2.45) is 0 Å². The van der Waals surface area contributed by atoms with Crippen LogP contribution in [0.2, 0.25) is 5.02 Å². The first-order valence-corrected chi connectivity index (χ1v) is 8.74. The minimum Gasteiger partial charge on any atom is -0.378 e. The fraction of sp³-hybridized carbons (Fsp3) is 0.150. The molecule has 0 saturated carbocycles. The second kappa shape index (κ2) is 8.05. The van der Waals surface area contributed by atoms with E-state index in [1.54, 1.807) is 18.2 Å². The van der Waals surface area contributed by atoms with Crippen LogP contribution in [0, 0.1) is 6.92 Å². The molecule has 2 aromatic carbocycles. The summed E-state index contributed by atoms with van der Waals surface area (Å²) in [6.07, 6.45) is 1.35. The number of amides is 1. The summed E-state index contributed by atoms with van der Waals surface area (Å²) in [7, 11) is 3.97. The van der Waals surface area contributed by atoms with Crippen LogP contribution >= 0.6 is 11.6 Å². The van der Waals surface area contributed by atoms with Gasteiger partial charge in [0.25, 0.3) is 5.91 Å². The summed E-state index contributed by atoms with van der Waals surface area (Å²) < 4.78 is 0. The van der Waals surface area contributed by atoms with Crippen molar-refractivity contribution in [1.29, 1.82) is 0 Å². The lowest BCUT2D eigenvalue weighted by atomic mass is 10.2. The number of halogens is 1. The van der Waals surface area contributed by atoms with Crippen molar-refractivity contribution in [1.82, 2.24) is 9.97 Å². The van der Waals surface area contributed by atoms with E-state index in [-0.39, 0.29) is 11.6 Å². The standard InChI is InChI=1S/C20H20ClN5O/c1-13-4-5-15(10-17(13)21)25-20(27)18-11-19(23-12-22-18)24-14-6-8-16(9-7-14)26(2)3/h4-12H,1-3H3,(H,25,27)(H,22,23,24). The van der Waals surface area contributed by atoms with Gasteiger partial charge in [-0.3, -0.25) is 4.79 Å². The number of anilines is 4. The third-order valence-electron chi connectivity index (χ3n) is 3.99. The number of rotatable bonds is 5. The predicted molar refractivity (Wildman–Crippen MR) is 110 cm³/mol. The van der Waals surface area contributed by atoms with Crippen molar-refractivity contribution in [3.8, 4) is 0 Å². The SMILES string of the molecule is Cc1ccc(NC(=O)c2cc(Nc3ccc(N(C)C)cc3)ncn2)cc1Cl. The molecule has 1 aromatic heterocycles. The smallest absolute Gasteiger partial charge is 0.274 e. The van der Waals surface area contributed by atoms with Crippen LogP contribution in [0.3, 0.4) is 0 Å². The summed E-state index contributed by atoms with van der Waals surface area (Å²) >= 11 is 6.10. The summed E-state index contributed by atoms with van der Waals surface area (Å²) in [4.78, 5) is 22.7. The predicted octanol–water partition coefficient (Wildman–Crippen LogP) is 4.50. The van der Waals surface area contributed by atoms with E-state index in [0.717, 1.165) is 16.9 Å². The molecule has 3 aromatic rings. The number of hydrogen-bond donors (Lipinski definition) is 2. The quantitative estimate of drug-likeness (QED) is 0.680. The average Bonchev–Trinajstić information content (AvgIpc) is 2.65. The Balaban J connectivity index is 1.72. The molecule has 7 heteroatoms. The Kier molecular flexibility index (Phi) is 5.57. The molecule has 2 N–H and O–H groups in total. The molecule has 0 aliphatic rings. The molecule has 6 nitrogen and oxygen atoms in total. The van der Waals surface area contributed by atoms with Gasteiger partial charge in [0.05, 0.1) is 0 Å². The van der Waals surface area contributed by atoms with Gasteiger partial charge in [-0.15, -0.1) is 0 Å². The molecule has 0 atom stereocenters. The molecular formula is C20H20ClN5O.